The fourth-order valence-electron chi connectivity index (χ4n) is 2.26. The van der Waals surface area contributed by atoms with Crippen LogP contribution in [0.25, 0.3) is 0 Å². The minimum Gasteiger partial charge on any atom is -0.303 e. The fraction of sp³-hybridized carbons (Fsp3) is 0.429. The molecule has 0 aliphatic carbocycles. The molecule has 0 spiro atoms. The van der Waals surface area contributed by atoms with Crippen molar-refractivity contribution < 1.29 is 9.59 Å². The van der Waals surface area contributed by atoms with E-state index in [0.717, 1.165) is 6.42 Å². The summed E-state index contributed by atoms with van der Waals surface area (Å²) >= 11 is 0. The van der Waals surface area contributed by atoms with Crippen molar-refractivity contribution in [3.63, 3.8) is 0 Å². The number of hydrogen-bond acceptors (Lipinski definition) is 3. The highest BCUT2D eigenvalue weighted by Gasteiger charge is 2.31. The van der Waals surface area contributed by atoms with Gasteiger partial charge >= 0.3 is 0 Å². The highest BCUT2D eigenvalue weighted by Crippen LogP contribution is 2.11. The molecule has 2 N–H and O–H groups in total. The summed E-state index contributed by atoms with van der Waals surface area (Å²) in [4.78, 5) is 22.5. The molecule has 1 heterocycles. The van der Waals surface area contributed by atoms with E-state index in [1.54, 1.807) is 0 Å². The number of benzene rings is 1. The summed E-state index contributed by atoms with van der Waals surface area (Å²) in [5.41, 5.74) is 2.51. The van der Waals surface area contributed by atoms with E-state index in [1.807, 2.05) is 19.1 Å². The molecule has 1 fully saturated rings. The number of carbonyl (C=O) groups is 2. The molecule has 4 nitrogen and oxygen atoms in total. The Morgan fingerprint density at radius 3 is 2.72 bits per heavy atom. The molecule has 1 saturated heterocycles. The Bertz CT molecular complexity index is 471. The van der Waals surface area contributed by atoms with Crippen LogP contribution in [0.5, 0.6) is 0 Å². The topological polar surface area (TPSA) is 58.2 Å². The molecule has 4 heteroatoms. The van der Waals surface area contributed by atoms with Crippen molar-refractivity contribution in [2.45, 2.75) is 38.8 Å². The van der Waals surface area contributed by atoms with Gasteiger partial charge in [0.05, 0.1) is 12.5 Å². The number of imide groups is 1. The Morgan fingerprint density at radius 2 is 2.11 bits per heavy atom. The van der Waals surface area contributed by atoms with Gasteiger partial charge in [-0.25, -0.2) is 0 Å². The maximum absolute atomic E-state index is 11.4. The lowest BCUT2D eigenvalue weighted by atomic mass is 10.0. The van der Waals surface area contributed by atoms with E-state index in [9.17, 15) is 9.59 Å². The first-order chi connectivity index (χ1) is 8.56. The van der Waals surface area contributed by atoms with Gasteiger partial charge in [-0.1, -0.05) is 24.3 Å². The summed E-state index contributed by atoms with van der Waals surface area (Å²) in [6.07, 6.45) is 1.10. The second-order valence-electron chi connectivity index (χ2n) is 4.87. The molecular weight excluding hydrogens is 228 g/mol. The van der Waals surface area contributed by atoms with Gasteiger partial charge in [0, 0.05) is 6.04 Å². The van der Waals surface area contributed by atoms with Crippen LogP contribution in [0.1, 0.15) is 24.5 Å². The van der Waals surface area contributed by atoms with Gasteiger partial charge in [0.2, 0.25) is 11.8 Å². The van der Waals surface area contributed by atoms with E-state index in [1.165, 1.54) is 11.1 Å². The zero-order valence-electron chi connectivity index (χ0n) is 10.7. The van der Waals surface area contributed by atoms with Crippen LogP contribution in [0.3, 0.4) is 0 Å². The van der Waals surface area contributed by atoms with Crippen molar-refractivity contribution >= 4 is 11.8 Å². The van der Waals surface area contributed by atoms with E-state index in [2.05, 4.69) is 29.7 Å². The standard InChI is InChI=1S/C14H18N2O2/c1-9-5-3-4-6-11(9)7-10(2)15-12-8-13(17)16-14(12)18/h3-6,10,12,15H,7-8H2,1-2H3,(H,16,17,18). The van der Waals surface area contributed by atoms with Gasteiger partial charge in [-0.15, -0.1) is 0 Å². The zero-order valence-corrected chi connectivity index (χ0v) is 10.7. The second-order valence-corrected chi connectivity index (χ2v) is 4.87. The van der Waals surface area contributed by atoms with Crippen molar-refractivity contribution in [3.8, 4) is 0 Å². The molecule has 0 saturated carbocycles. The van der Waals surface area contributed by atoms with Crippen molar-refractivity contribution in [1.82, 2.24) is 10.6 Å². The average Bonchev–Trinajstić information content (AvgIpc) is 2.61. The first-order valence-electron chi connectivity index (χ1n) is 6.20. The van der Waals surface area contributed by atoms with Crippen molar-refractivity contribution in [3.05, 3.63) is 35.4 Å². The van der Waals surface area contributed by atoms with Gasteiger partial charge in [-0.2, -0.15) is 0 Å². The largest absolute Gasteiger partial charge is 0.303 e. The number of amides is 2. The van der Waals surface area contributed by atoms with E-state index in [4.69, 9.17) is 0 Å². The Kier molecular flexibility index (Phi) is 3.77. The normalized spacial score (nSPS) is 20.9. The summed E-state index contributed by atoms with van der Waals surface area (Å²) < 4.78 is 0. The summed E-state index contributed by atoms with van der Waals surface area (Å²) in [7, 11) is 0. The van der Waals surface area contributed by atoms with Crippen LogP contribution in [0.2, 0.25) is 0 Å². The lowest BCUT2D eigenvalue weighted by Gasteiger charge is -2.18. The number of rotatable bonds is 4. The minimum atomic E-state index is -0.378. The van der Waals surface area contributed by atoms with Crippen LogP contribution in [0.4, 0.5) is 0 Å². The predicted octanol–water partition coefficient (Wildman–Crippen LogP) is 0.931. The van der Waals surface area contributed by atoms with Crippen LogP contribution >= 0.6 is 0 Å². The summed E-state index contributed by atoms with van der Waals surface area (Å²) in [6.45, 7) is 4.11. The molecule has 18 heavy (non-hydrogen) atoms. The van der Waals surface area contributed by atoms with E-state index in [-0.39, 0.29) is 30.3 Å². The summed E-state index contributed by atoms with van der Waals surface area (Å²) in [5.74, 6) is -0.405. The molecule has 1 aliphatic rings. The minimum absolute atomic E-state index is 0.160. The summed E-state index contributed by atoms with van der Waals surface area (Å²) in [5, 5.41) is 5.51. The van der Waals surface area contributed by atoms with Crippen LogP contribution in [0, 0.1) is 6.92 Å². The number of nitrogens with one attached hydrogen (secondary N) is 2. The van der Waals surface area contributed by atoms with E-state index in [0.29, 0.717) is 0 Å². The Morgan fingerprint density at radius 1 is 1.39 bits per heavy atom. The first kappa shape index (κ1) is 12.8. The van der Waals surface area contributed by atoms with Crippen LogP contribution < -0.4 is 10.6 Å². The lowest BCUT2D eigenvalue weighted by Crippen LogP contribution is -2.42. The van der Waals surface area contributed by atoms with Gasteiger partial charge < -0.3 is 5.32 Å². The van der Waals surface area contributed by atoms with Crippen LogP contribution in [-0.2, 0) is 16.0 Å². The molecule has 0 aromatic heterocycles. The monoisotopic (exact) mass is 246 g/mol. The number of aryl methyl sites for hydroxylation is 1. The SMILES string of the molecule is Cc1ccccc1CC(C)NC1CC(=O)NC1=O. The third kappa shape index (κ3) is 2.96. The van der Waals surface area contributed by atoms with E-state index < -0.39 is 0 Å². The Hall–Kier alpha value is -1.68. The van der Waals surface area contributed by atoms with Gasteiger partial charge in [0.1, 0.15) is 0 Å². The Balaban J connectivity index is 1.93. The smallest absolute Gasteiger partial charge is 0.244 e. The molecule has 0 bridgehead atoms. The highest BCUT2D eigenvalue weighted by atomic mass is 16.2. The molecule has 1 aliphatic heterocycles. The van der Waals surface area contributed by atoms with Crippen LogP contribution in [-0.4, -0.2) is 23.9 Å². The van der Waals surface area contributed by atoms with Gasteiger partial charge in [-0.3, -0.25) is 14.9 Å². The van der Waals surface area contributed by atoms with Crippen molar-refractivity contribution in [1.29, 1.82) is 0 Å². The van der Waals surface area contributed by atoms with Crippen molar-refractivity contribution in [2.75, 3.05) is 0 Å². The third-order valence-corrected chi connectivity index (χ3v) is 3.24. The molecule has 2 atom stereocenters. The van der Waals surface area contributed by atoms with Gasteiger partial charge in [-0.05, 0) is 31.4 Å². The fourth-order valence-corrected chi connectivity index (χ4v) is 2.26. The maximum Gasteiger partial charge on any atom is 0.244 e. The second kappa shape index (κ2) is 5.31. The molecule has 2 unspecified atom stereocenters. The molecular formula is C14H18N2O2. The highest BCUT2D eigenvalue weighted by molar-refractivity contribution is 6.05. The van der Waals surface area contributed by atoms with Crippen LogP contribution in [0.15, 0.2) is 24.3 Å². The maximum atomic E-state index is 11.4. The average molecular weight is 246 g/mol. The lowest BCUT2D eigenvalue weighted by molar-refractivity contribution is -0.125. The molecule has 2 amide bonds. The van der Waals surface area contributed by atoms with Crippen molar-refractivity contribution in [2.24, 2.45) is 0 Å². The third-order valence-electron chi connectivity index (χ3n) is 3.24. The predicted molar refractivity (Wildman–Crippen MR) is 69.0 cm³/mol. The number of carbonyl (C=O) groups excluding carboxylic acids is 2. The van der Waals surface area contributed by atoms with Gasteiger partial charge in [0.15, 0.2) is 0 Å². The first-order valence-corrected chi connectivity index (χ1v) is 6.20. The van der Waals surface area contributed by atoms with Gasteiger partial charge in [0.25, 0.3) is 0 Å². The molecule has 1 aromatic carbocycles. The van der Waals surface area contributed by atoms with E-state index >= 15 is 0 Å². The summed E-state index contributed by atoms with van der Waals surface area (Å²) in [6, 6.07) is 7.98. The quantitative estimate of drug-likeness (QED) is 0.777. The number of hydrogen-bond donors (Lipinski definition) is 2. The molecule has 0 radical (unpaired) electrons. The Labute approximate surface area is 107 Å². The molecule has 2 rings (SSSR count). The molecule has 96 valence electrons. The zero-order chi connectivity index (χ0) is 13.1. The molecule has 1 aromatic rings.